The van der Waals surface area contributed by atoms with Gasteiger partial charge in [-0.2, -0.15) is 0 Å². The molecule has 3 aromatic rings. The molecule has 3 rings (SSSR count). The zero-order chi connectivity index (χ0) is 18.5. The van der Waals surface area contributed by atoms with E-state index in [0.717, 1.165) is 28.0 Å². The Bertz CT molecular complexity index is 904. The SMILES string of the molecule is COc1cccc([C@@H](C)NC(=O)c2ccc(-c3ccncc3C)cc2)c1. The van der Waals surface area contributed by atoms with Crippen molar-refractivity contribution in [1.82, 2.24) is 10.3 Å². The van der Waals surface area contributed by atoms with Gasteiger partial charge in [-0.05, 0) is 66.4 Å². The van der Waals surface area contributed by atoms with Gasteiger partial charge in [-0.15, -0.1) is 0 Å². The van der Waals surface area contributed by atoms with Gasteiger partial charge < -0.3 is 10.1 Å². The summed E-state index contributed by atoms with van der Waals surface area (Å²) < 4.78 is 5.24. The topological polar surface area (TPSA) is 51.2 Å². The Hall–Kier alpha value is -3.14. The molecule has 1 heterocycles. The Morgan fingerprint density at radius 3 is 2.58 bits per heavy atom. The number of nitrogens with zero attached hydrogens (tertiary/aromatic N) is 1. The number of aryl methyl sites for hydroxylation is 1. The molecule has 0 aliphatic rings. The monoisotopic (exact) mass is 346 g/mol. The molecular weight excluding hydrogens is 324 g/mol. The Morgan fingerprint density at radius 2 is 1.88 bits per heavy atom. The summed E-state index contributed by atoms with van der Waals surface area (Å²) in [4.78, 5) is 16.7. The van der Waals surface area contributed by atoms with Crippen LogP contribution in [-0.4, -0.2) is 18.0 Å². The lowest BCUT2D eigenvalue weighted by molar-refractivity contribution is 0.0940. The van der Waals surface area contributed by atoms with Crippen LogP contribution in [0.4, 0.5) is 0 Å². The molecule has 4 nitrogen and oxygen atoms in total. The lowest BCUT2D eigenvalue weighted by Crippen LogP contribution is -2.26. The summed E-state index contributed by atoms with van der Waals surface area (Å²) in [6.07, 6.45) is 3.62. The standard InChI is InChI=1S/C22H22N2O2/c1-15-14-23-12-11-21(15)17-7-9-18(10-8-17)22(25)24-16(2)19-5-4-6-20(13-19)26-3/h4-14,16H,1-3H3,(H,24,25)/t16-/m1/s1. The van der Waals surface area contributed by atoms with Crippen molar-refractivity contribution in [3.63, 3.8) is 0 Å². The number of hydrogen-bond acceptors (Lipinski definition) is 3. The van der Waals surface area contributed by atoms with Crippen LogP contribution in [0.2, 0.25) is 0 Å². The maximum atomic E-state index is 12.5. The summed E-state index contributed by atoms with van der Waals surface area (Å²) >= 11 is 0. The summed E-state index contributed by atoms with van der Waals surface area (Å²) in [6.45, 7) is 3.99. The first-order chi connectivity index (χ1) is 12.6. The third-order valence-corrected chi connectivity index (χ3v) is 4.42. The average molecular weight is 346 g/mol. The van der Waals surface area contributed by atoms with Gasteiger partial charge in [-0.25, -0.2) is 0 Å². The van der Waals surface area contributed by atoms with Crippen LogP contribution >= 0.6 is 0 Å². The Balaban J connectivity index is 1.73. The number of amides is 1. The van der Waals surface area contributed by atoms with Crippen molar-refractivity contribution in [2.24, 2.45) is 0 Å². The van der Waals surface area contributed by atoms with E-state index in [2.05, 4.69) is 10.3 Å². The molecule has 1 N–H and O–H groups in total. The number of hydrogen-bond donors (Lipinski definition) is 1. The van der Waals surface area contributed by atoms with Crippen molar-refractivity contribution in [2.45, 2.75) is 19.9 Å². The molecule has 0 unspecified atom stereocenters. The number of ether oxygens (including phenoxy) is 1. The number of carbonyl (C=O) groups is 1. The molecule has 4 heteroatoms. The molecule has 0 radical (unpaired) electrons. The number of nitrogens with one attached hydrogen (secondary N) is 1. The molecule has 132 valence electrons. The highest BCUT2D eigenvalue weighted by Gasteiger charge is 2.12. The fraction of sp³-hybridized carbons (Fsp3) is 0.182. The van der Waals surface area contributed by atoms with Crippen molar-refractivity contribution in [3.05, 3.63) is 83.7 Å². The molecule has 1 atom stereocenters. The molecule has 1 amide bonds. The predicted octanol–water partition coefficient (Wildman–Crippen LogP) is 4.56. The highest BCUT2D eigenvalue weighted by atomic mass is 16.5. The number of aromatic nitrogens is 1. The zero-order valence-electron chi connectivity index (χ0n) is 15.2. The number of pyridine rings is 1. The van der Waals surface area contributed by atoms with Gasteiger partial charge in [0.15, 0.2) is 0 Å². The first-order valence-corrected chi connectivity index (χ1v) is 8.54. The van der Waals surface area contributed by atoms with E-state index in [1.165, 1.54) is 0 Å². The summed E-state index contributed by atoms with van der Waals surface area (Å²) in [5.74, 6) is 0.680. The molecule has 26 heavy (non-hydrogen) atoms. The van der Waals surface area contributed by atoms with Crippen LogP contribution in [0.5, 0.6) is 5.75 Å². The van der Waals surface area contributed by atoms with Gasteiger partial charge in [0.05, 0.1) is 13.2 Å². The van der Waals surface area contributed by atoms with Gasteiger partial charge in [0.25, 0.3) is 5.91 Å². The van der Waals surface area contributed by atoms with E-state index in [1.807, 2.05) is 74.6 Å². The van der Waals surface area contributed by atoms with Crippen molar-refractivity contribution in [2.75, 3.05) is 7.11 Å². The number of methoxy groups -OCH3 is 1. The molecular formula is C22H22N2O2. The van der Waals surface area contributed by atoms with E-state index in [0.29, 0.717) is 5.56 Å². The van der Waals surface area contributed by atoms with E-state index in [9.17, 15) is 4.79 Å². The first-order valence-electron chi connectivity index (χ1n) is 8.54. The van der Waals surface area contributed by atoms with Crippen LogP contribution in [0.3, 0.4) is 0 Å². The van der Waals surface area contributed by atoms with Crippen molar-refractivity contribution in [1.29, 1.82) is 0 Å². The molecule has 1 aromatic heterocycles. The summed E-state index contributed by atoms with van der Waals surface area (Å²) in [5, 5.41) is 3.03. The molecule has 0 aliphatic carbocycles. The van der Waals surface area contributed by atoms with Crippen LogP contribution < -0.4 is 10.1 Å². The lowest BCUT2D eigenvalue weighted by Gasteiger charge is -2.15. The maximum absolute atomic E-state index is 12.5. The Morgan fingerprint density at radius 1 is 1.12 bits per heavy atom. The molecule has 0 saturated carbocycles. The van der Waals surface area contributed by atoms with Crippen molar-refractivity contribution in [3.8, 4) is 16.9 Å². The van der Waals surface area contributed by atoms with Crippen LogP contribution in [0.1, 0.15) is 34.5 Å². The van der Waals surface area contributed by atoms with Crippen LogP contribution in [0.25, 0.3) is 11.1 Å². The predicted molar refractivity (Wildman–Crippen MR) is 103 cm³/mol. The van der Waals surface area contributed by atoms with Crippen LogP contribution in [-0.2, 0) is 0 Å². The second kappa shape index (κ2) is 7.83. The number of benzene rings is 2. The second-order valence-corrected chi connectivity index (χ2v) is 6.24. The zero-order valence-corrected chi connectivity index (χ0v) is 15.2. The highest BCUT2D eigenvalue weighted by Crippen LogP contribution is 2.23. The van der Waals surface area contributed by atoms with E-state index >= 15 is 0 Å². The van der Waals surface area contributed by atoms with E-state index in [1.54, 1.807) is 13.3 Å². The minimum absolute atomic E-state index is 0.0988. The minimum Gasteiger partial charge on any atom is -0.497 e. The normalized spacial score (nSPS) is 11.7. The quantitative estimate of drug-likeness (QED) is 0.737. The Kier molecular flexibility index (Phi) is 5.32. The summed E-state index contributed by atoms with van der Waals surface area (Å²) in [5.41, 5.74) is 4.94. The fourth-order valence-corrected chi connectivity index (χ4v) is 2.87. The van der Waals surface area contributed by atoms with Crippen LogP contribution in [0.15, 0.2) is 67.0 Å². The van der Waals surface area contributed by atoms with E-state index in [-0.39, 0.29) is 11.9 Å². The molecule has 0 saturated heterocycles. The number of carbonyl (C=O) groups excluding carboxylic acids is 1. The minimum atomic E-state index is -0.111. The lowest BCUT2D eigenvalue weighted by atomic mass is 10.0. The van der Waals surface area contributed by atoms with E-state index < -0.39 is 0 Å². The molecule has 0 fully saturated rings. The van der Waals surface area contributed by atoms with Gasteiger partial charge >= 0.3 is 0 Å². The molecule has 0 bridgehead atoms. The van der Waals surface area contributed by atoms with Gasteiger partial charge in [-0.3, -0.25) is 9.78 Å². The smallest absolute Gasteiger partial charge is 0.251 e. The highest BCUT2D eigenvalue weighted by molar-refractivity contribution is 5.95. The van der Waals surface area contributed by atoms with Crippen molar-refractivity contribution >= 4 is 5.91 Å². The van der Waals surface area contributed by atoms with Gasteiger partial charge in [0, 0.05) is 18.0 Å². The van der Waals surface area contributed by atoms with Crippen molar-refractivity contribution < 1.29 is 9.53 Å². The third-order valence-electron chi connectivity index (χ3n) is 4.42. The average Bonchev–Trinajstić information content (AvgIpc) is 2.68. The van der Waals surface area contributed by atoms with Crippen LogP contribution in [0, 0.1) is 6.92 Å². The Labute approximate surface area is 153 Å². The fourth-order valence-electron chi connectivity index (χ4n) is 2.87. The van der Waals surface area contributed by atoms with E-state index in [4.69, 9.17) is 4.74 Å². The summed E-state index contributed by atoms with van der Waals surface area (Å²) in [7, 11) is 1.63. The maximum Gasteiger partial charge on any atom is 0.251 e. The van der Waals surface area contributed by atoms with Gasteiger partial charge in [0.2, 0.25) is 0 Å². The van der Waals surface area contributed by atoms with Gasteiger partial charge in [0.1, 0.15) is 5.75 Å². The number of rotatable bonds is 5. The summed E-state index contributed by atoms with van der Waals surface area (Å²) in [6, 6.07) is 17.2. The largest absolute Gasteiger partial charge is 0.497 e. The van der Waals surface area contributed by atoms with Gasteiger partial charge in [-0.1, -0.05) is 24.3 Å². The molecule has 0 aliphatic heterocycles. The molecule has 2 aromatic carbocycles. The first kappa shape index (κ1) is 17.7. The molecule has 0 spiro atoms. The third kappa shape index (κ3) is 3.91. The second-order valence-electron chi connectivity index (χ2n) is 6.24.